The third kappa shape index (κ3) is 7.20. The van der Waals surface area contributed by atoms with Gasteiger partial charge in [-0.2, -0.15) is 8.42 Å². The molecule has 112 valence electrons. The summed E-state index contributed by atoms with van der Waals surface area (Å²) in [5, 5.41) is 26.2. The summed E-state index contributed by atoms with van der Waals surface area (Å²) in [5.74, 6) is -5.87. The van der Waals surface area contributed by atoms with Crippen molar-refractivity contribution in [2.24, 2.45) is 0 Å². The molecule has 11 heteroatoms. The van der Waals surface area contributed by atoms with Crippen LogP contribution in [-0.4, -0.2) is 82.6 Å². The van der Waals surface area contributed by atoms with Gasteiger partial charge in [-0.15, -0.1) is 0 Å². The van der Waals surface area contributed by atoms with Gasteiger partial charge in [-0.3, -0.25) is 13.8 Å². The van der Waals surface area contributed by atoms with Crippen molar-refractivity contribution in [1.82, 2.24) is 0 Å². The van der Waals surface area contributed by atoms with Gasteiger partial charge in [0, 0.05) is 0 Å². The van der Waals surface area contributed by atoms with E-state index in [-0.39, 0.29) is 36.0 Å². The maximum absolute atomic E-state index is 11.4. The Kier molecular flexibility index (Phi) is 9.26. The molecular weight excluding hydrogens is 307 g/mol. The van der Waals surface area contributed by atoms with Crippen LogP contribution in [0.1, 0.15) is 26.2 Å². The zero-order valence-corrected chi connectivity index (χ0v) is 10.8. The van der Waals surface area contributed by atoms with Gasteiger partial charge in [0.25, 0.3) is 10.1 Å². The number of carboxylic acid groups (broad SMARTS) is 3. The molecule has 0 bridgehead atoms. The van der Waals surface area contributed by atoms with Gasteiger partial charge in [0.2, 0.25) is 5.60 Å². The van der Waals surface area contributed by atoms with E-state index in [0.29, 0.717) is 0 Å². The summed E-state index contributed by atoms with van der Waals surface area (Å²) in [6.07, 6.45) is -2.45. The van der Waals surface area contributed by atoms with E-state index in [1.807, 2.05) is 0 Å². The second kappa shape index (κ2) is 8.57. The van der Waals surface area contributed by atoms with Crippen LogP contribution < -0.4 is 0 Å². The first kappa shape index (κ1) is 21.6. The molecule has 0 aliphatic rings. The summed E-state index contributed by atoms with van der Waals surface area (Å²) in [7, 11) is -4.33. The van der Waals surface area contributed by atoms with Crippen molar-refractivity contribution in [3.8, 4) is 0 Å². The van der Waals surface area contributed by atoms with E-state index in [9.17, 15) is 22.8 Å². The molecule has 0 saturated heterocycles. The van der Waals surface area contributed by atoms with E-state index in [1.54, 1.807) is 0 Å². The molecule has 0 aromatic carbocycles. The van der Waals surface area contributed by atoms with E-state index in [4.69, 9.17) is 15.3 Å². The van der Waals surface area contributed by atoms with Crippen molar-refractivity contribution in [2.45, 2.75) is 31.8 Å². The average molecular weight is 322 g/mol. The van der Waals surface area contributed by atoms with Gasteiger partial charge in [0.1, 0.15) is 0 Å². The maximum atomic E-state index is 11.4. The molecule has 0 rings (SSSR count). The van der Waals surface area contributed by atoms with Gasteiger partial charge in [-0.25, -0.2) is 4.79 Å². The molecule has 0 aliphatic heterocycles. The standard InChI is InChI=1S/C9H14O9S.Na.H/c1-2-3-19(16,17)18-9(8(14)15,4-6(10)11)5-7(12)13;;/h2-5H2,1H3,(H,10,11)(H,12,13)(H,14,15);;. The summed E-state index contributed by atoms with van der Waals surface area (Å²) in [5.41, 5.74) is -2.84. The Hall–Kier alpha value is -0.680. The van der Waals surface area contributed by atoms with E-state index in [0.717, 1.165) is 0 Å². The Balaban J connectivity index is 0. The molecule has 0 unspecified atom stereocenters. The van der Waals surface area contributed by atoms with Crippen LogP contribution in [0, 0.1) is 0 Å². The normalized spacial score (nSPS) is 11.4. The van der Waals surface area contributed by atoms with Crippen molar-refractivity contribution < 1.29 is 42.3 Å². The second-order valence-corrected chi connectivity index (χ2v) is 5.48. The molecule has 0 aromatic rings. The fourth-order valence-electron chi connectivity index (χ4n) is 1.33. The summed E-state index contributed by atoms with van der Waals surface area (Å²) < 4.78 is 27.2. The molecule has 0 aliphatic carbocycles. The van der Waals surface area contributed by atoms with E-state index >= 15 is 0 Å². The van der Waals surface area contributed by atoms with E-state index in [1.165, 1.54) is 6.92 Å². The number of carbonyl (C=O) groups is 3. The molecule has 9 nitrogen and oxygen atoms in total. The molecule has 0 heterocycles. The topological polar surface area (TPSA) is 155 Å². The fraction of sp³-hybridized carbons (Fsp3) is 0.667. The molecular formula is C9H15NaO9S. The van der Waals surface area contributed by atoms with Crippen molar-refractivity contribution in [3.05, 3.63) is 0 Å². The third-order valence-electron chi connectivity index (χ3n) is 2.00. The number of hydrogen-bond acceptors (Lipinski definition) is 6. The van der Waals surface area contributed by atoms with Crippen LogP contribution in [0.5, 0.6) is 0 Å². The third-order valence-corrected chi connectivity index (χ3v) is 3.49. The molecule has 0 saturated carbocycles. The second-order valence-electron chi connectivity index (χ2n) is 3.79. The molecule has 20 heavy (non-hydrogen) atoms. The van der Waals surface area contributed by atoms with Crippen LogP contribution in [0.15, 0.2) is 0 Å². The Labute approximate surface area is 137 Å². The molecule has 0 aromatic heterocycles. The van der Waals surface area contributed by atoms with Crippen molar-refractivity contribution >= 4 is 57.6 Å². The Morgan fingerprint density at radius 2 is 1.45 bits per heavy atom. The van der Waals surface area contributed by atoms with Gasteiger partial charge in [0.05, 0.1) is 18.6 Å². The van der Waals surface area contributed by atoms with Gasteiger partial charge < -0.3 is 15.3 Å². The summed E-state index contributed by atoms with van der Waals surface area (Å²) in [4.78, 5) is 32.3. The van der Waals surface area contributed by atoms with Gasteiger partial charge in [-0.1, -0.05) is 6.92 Å². The van der Waals surface area contributed by atoms with E-state index in [2.05, 4.69) is 4.18 Å². The van der Waals surface area contributed by atoms with Gasteiger partial charge in [0.15, 0.2) is 0 Å². The van der Waals surface area contributed by atoms with Gasteiger partial charge >= 0.3 is 47.5 Å². The molecule has 0 radical (unpaired) electrons. The van der Waals surface area contributed by atoms with Crippen molar-refractivity contribution in [3.63, 3.8) is 0 Å². The predicted molar refractivity (Wildman–Crippen MR) is 67.2 cm³/mol. The van der Waals surface area contributed by atoms with Crippen LogP contribution >= 0.6 is 0 Å². The quantitative estimate of drug-likeness (QED) is 0.353. The molecule has 0 amide bonds. The average Bonchev–Trinajstić information content (AvgIpc) is 2.13. The zero-order chi connectivity index (χ0) is 15.3. The Morgan fingerprint density at radius 1 is 1.05 bits per heavy atom. The van der Waals surface area contributed by atoms with Crippen LogP contribution in [0.2, 0.25) is 0 Å². The first-order valence-electron chi connectivity index (χ1n) is 5.15. The summed E-state index contributed by atoms with van der Waals surface area (Å²) >= 11 is 0. The fourth-order valence-corrected chi connectivity index (χ4v) is 2.59. The SMILES string of the molecule is CCCS(=O)(=O)OC(CC(=O)O)(CC(=O)O)C(=O)O.[NaH]. The first-order valence-corrected chi connectivity index (χ1v) is 6.72. The number of hydrogen-bond donors (Lipinski definition) is 3. The molecule has 3 N–H and O–H groups in total. The first-order chi connectivity index (χ1) is 8.54. The van der Waals surface area contributed by atoms with Crippen molar-refractivity contribution in [1.29, 1.82) is 0 Å². The number of carboxylic acids is 3. The van der Waals surface area contributed by atoms with Crippen LogP contribution in [-0.2, 0) is 28.7 Å². The number of aliphatic carboxylic acids is 3. The Morgan fingerprint density at radius 3 is 1.70 bits per heavy atom. The van der Waals surface area contributed by atoms with E-state index < -0.39 is 52.2 Å². The van der Waals surface area contributed by atoms with Crippen LogP contribution in [0.3, 0.4) is 0 Å². The molecule has 0 fully saturated rings. The molecule has 0 spiro atoms. The minimum atomic E-state index is -4.33. The monoisotopic (exact) mass is 322 g/mol. The Bertz CT molecular complexity index is 454. The minimum absolute atomic E-state index is 0. The zero-order valence-electron chi connectivity index (χ0n) is 10.0. The summed E-state index contributed by atoms with van der Waals surface area (Å²) in [6, 6.07) is 0. The van der Waals surface area contributed by atoms with Gasteiger partial charge in [-0.05, 0) is 6.42 Å². The van der Waals surface area contributed by atoms with Crippen LogP contribution in [0.25, 0.3) is 0 Å². The van der Waals surface area contributed by atoms with Crippen molar-refractivity contribution in [2.75, 3.05) is 5.75 Å². The summed E-state index contributed by atoms with van der Waals surface area (Å²) in [6.45, 7) is 1.48. The predicted octanol–water partition coefficient (Wildman–Crippen LogP) is -1.13. The molecule has 0 atom stereocenters. The number of rotatable bonds is 9. The van der Waals surface area contributed by atoms with Crippen LogP contribution in [0.4, 0.5) is 0 Å².